The van der Waals surface area contributed by atoms with Crippen molar-refractivity contribution in [3.63, 3.8) is 0 Å². The van der Waals surface area contributed by atoms with E-state index in [1.807, 2.05) is 47.6 Å². The standard InChI is InChI=1S/C31H38ClN3O4S/c1-7-28(30(37)33-31(4,5)6)34(20-24-13-15-25(32)16-14-24)29(36)21-35(26-10-8-9-23(3)19-26)40(38,39)27-17-11-22(2)12-18-27/h8-19,28H,7,20-21H2,1-6H3,(H,33,37)/t28-/m0/s1. The van der Waals surface area contributed by atoms with Crippen molar-refractivity contribution in [1.82, 2.24) is 10.2 Å². The normalized spacial score (nSPS) is 12.5. The van der Waals surface area contributed by atoms with Crippen molar-refractivity contribution in [1.29, 1.82) is 0 Å². The van der Waals surface area contributed by atoms with Gasteiger partial charge in [0, 0.05) is 17.1 Å². The molecule has 3 aromatic rings. The third-order valence-electron chi connectivity index (χ3n) is 6.33. The van der Waals surface area contributed by atoms with Crippen LogP contribution in [0.3, 0.4) is 0 Å². The third kappa shape index (κ3) is 8.08. The van der Waals surface area contributed by atoms with Crippen LogP contribution < -0.4 is 9.62 Å². The van der Waals surface area contributed by atoms with E-state index in [0.29, 0.717) is 17.1 Å². The molecule has 0 unspecified atom stereocenters. The monoisotopic (exact) mass is 583 g/mol. The molecule has 0 spiro atoms. The van der Waals surface area contributed by atoms with Crippen molar-refractivity contribution in [2.75, 3.05) is 10.8 Å². The number of hydrogen-bond acceptors (Lipinski definition) is 4. The number of carbonyl (C=O) groups is 2. The summed E-state index contributed by atoms with van der Waals surface area (Å²) in [4.78, 5) is 29.0. The molecule has 0 aliphatic carbocycles. The number of amides is 2. The lowest BCUT2D eigenvalue weighted by Gasteiger charge is -2.34. The number of carbonyl (C=O) groups excluding carboxylic acids is 2. The fourth-order valence-corrected chi connectivity index (χ4v) is 5.84. The van der Waals surface area contributed by atoms with E-state index < -0.39 is 34.1 Å². The van der Waals surface area contributed by atoms with Crippen molar-refractivity contribution in [2.24, 2.45) is 0 Å². The quantitative estimate of drug-likeness (QED) is 0.323. The number of nitrogens with one attached hydrogen (secondary N) is 1. The largest absolute Gasteiger partial charge is 0.350 e. The zero-order chi connectivity index (χ0) is 29.7. The molecule has 0 bridgehead atoms. The topological polar surface area (TPSA) is 86.8 Å². The van der Waals surface area contributed by atoms with Crippen molar-refractivity contribution in [3.05, 3.63) is 94.5 Å². The van der Waals surface area contributed by atoms with E-state index in [4.69, 9.17) is 11.6 Å². The van der Waals surface area contributed by atoms with Gasteiger partial charge in [-0.3, -0.25) is 13.9 Å². The molecule has 1 N–H and O–H groups in total. The predicted molar refractivity (Wildman–Crippen MR) is 161 cm³/mol. The molecule has 0 saturated carbocycles. The van der Waals surface area contributed by atoms with Gasteiger partial charge in [0.05, 0.1) is 10.6 Å². The van der Waals surface area contributed by atoms with Crippen molar-refractivity contribution in [2.45, 2.75) is 71.0 Å². The van der Waals surface area contributed by atoms with Gasteiger partial charge < -0.3 is 10.2 Å². The Balaban J connectivity index is 2.07. The van der Waals surface area contributed by atoms with Gasteiger partial charge in [0.2, 0.25) is 11.8 Å². The van der Waals surface area contributed by atoms with Crippen molar-refractivity contribution >= 4 is 39.1 Å². The highest BCUT2D eigenvalue weighted by Crippen LogP contribution is 2.26. The van der Waals surface area contributed by atoms with E-state index in [2.05, 4.69) is 5.32 Å². The van der Waals surface area contributed by atoms with Gasteiger partial charge in [-0.05, 0) is 88.6 Å². The maximum atomic E-state index is 14.1. The minimum Gasteiger partial charge on any atom is -0.350 e. The molecule has 0 aliphatic heterocycles. The fourth-order valence-electron chi connectivity index (χ4n) is 4.31. The highest BCUT2D eigenvalue weighted by Gasteiger charge is 2.34. The van der Waals surface area contributed by atoms with Gasteiger partial charge in [0.25, 0.3) is 10.0 Å². The van der Waals surface area contributed by atoms with Crippen LogP contribution in [0.2, 0.25) is 5.02 Å². The Hall–Kier alpha value is -3.36. The second-order valence-corrected chi connectivity index (χ2v) is 13.3. The van der Waals surface area contributed by atoms with E-state index in [9.17, 15) is 18.0 Å². The third-order valence-corrected chi connectivity index (χ3v) is 8.37. The number of anilines is 1. The van der Waals surface area contributed by atoms with Gasteiger partial charge in [-0.25, -0.2) is 8.42 Å². The highest BCUT2D eigenvalue weighted by molar-refractivity contribution is 7.92. The van der Waals surface area contributed by atoms with Crippen molar-refractivity contribution < 1.29 is 18.0 Å². The summed E-state index contributed by atoms with van der Waals surface area (Å²) in [5.74, 6) is -0.802. The first-order valence-corrected chi connectivity index (χ1v) is 15.0. The fraction of sp³-hybridized carbons (Fsp3) is 0.355. The lowest BCUT2D eigenvalue weighted by atomic mass is 10.1. The summed E-state index contributed by atoms with van der Waals surface area (Å²) >= 11 is 6.07. The van der Waals surface area contributed by atoms with Crippen LogP contribution in [0, 0.1) is 13.8 Å². The Morgan fingerprint density at radius 3 is 2.10 bits per heavy atom. The molecule has 3 aromatic carbocycles. The van der Waals surface area contributed by atoms with Crippen LogP contribution >= 0.6 is 11.6 Å². The lowest BCUT2D eigenvalue weighted by Crippen LogP contribution is -2.55. The molecule has 7 nitrogen and oxygen atoms in total. The SMILES string of the molecule is CC[C@@H](C(=O)NC(C)(C)C)N(Cc1ccc(Cl)cc1)C(=O)CN(c1cccc(C)c1)S(=O)(=O)c1ccc(C)cc1. The number of benzene rings is 3. The molecule has 0 saturated heterocycles. The lowest BCUT2D eigenvalue weighted by molar-refractivity contribution is -0.141. The van der Waals surface area contributed by atoms with Crippen molar-refractivity contribution in [3.8, 4) is 0 Å². The number of halogens is 1. The number of nitrogens with zero attached hydrogens (tertiary/aromatic N) is 2. The van der Waals surface area contributed by atoms with E-state index in [1.54, 1.807) is 54.6 Å². The second-order valence-electron chi connectivity index (χ2n) is 11.0. The van der Waals surface area contributed by atoms with Gasteiger partial charge in [-0.1, -0.05) is 60.5 Å². The number of hydrogen-bond donors (Lipinski definition) is 1. The highest BCUT2D eigenvalue weighted by atomic mass is 35.5. The van der Waals surface area contributed by atoms with E-state index in [0.717, 1.165) is 21.0 Å². The summed E-state index contributed by atoms with van der Waals surface area (Å²) in [5, 5.41) is 3.52. The molecule has 0 aliphatic rings. The number of sulfonamides is 1. The Morgan fingerprint density at radius 2 is 1.55 bits per heavy atom. The van der Waals surface area contributed by atoms with Gasteiger partial charge in [-0.15, -0.1) is 0 Å². The zero-order valence-electron chi connectivity index (χ0n) is 23.9. The molecule has 40 heavy (non-hydrogen) atoms. The smallest absolute Gasteiger partial charge is 0.264 e. The first-order chi connectivity index (χ1) is 18.7. The van der Waals surface area contributed by atoms with Crippen LogP contribution in [0.4, 0.5) is 5.69 Å². The average Bonchev–Trinajstić information content (AvgIpc) is 2.87. The molecule has 0 radical (unpaired) electrons. The number of rotatable bonds is 10. The summed E-state index contributed by atoms with van der Waals surface area (Å²) < 4.78 is 29.0. The maximum absolute atomic E-state index is 14.1. The van der Waals surface area contributed by atoms with Gasteiger partial charge in [0.15, 0.2) is 0 Å². The summed E-state index contributed by atoms with van der Waals surface area (Å²) in [6.07, 6.45) is 0.344. The van der Waals surface area contributed by atoms with Crippen LogP contribution in [0.25, 0.3) is 0 Å². The summed E-state index contributed by atoms with van der Waals surface area (Å²) in [6, 6.07) is 19.7. The van der Waals surface area contributed by atoms with Crippen LogP contribution in [0.15, 0.2) is 77.7 Å². The van der Waals surface area contributed by atoms with Crippen LogP contribution in [0.1, 0.15) is 50.8 Å². The molecule has 214 valence electrons. The second kappa shape index (κ2) is 12.9. The number of aryl methyl sites for hydroxylation is 2. The predicted octanol–water partition coefficient (Wildman–Crippen LogP) is 5.87. The Bertz CT molecular complexity index is 1430. The molecule has 2 amide bonds. The molecule has 1 atom stereocenters. The summed E-state index contributed by atoms with van der Waals surface area (Å²) in [5.41, 5.74) is 2.39. The Morgan fingerprint density at radius 1 is 0.925 bits per heavy atom. The Kier molecular flexibility index (Phi) is 10.0. The molecule has 0 fully saturated rings. The molecular formula is C31H38ClN3O4S. The van der Waals surface area contributed by atoms with E-state index in [1.165, 1.54) is 17.0 Å². The minimum absolute atomic E-state index is 0.0779. The van der Waals surface area contributed by atoms with E-state index in [-0.39, 0.29) is 17.3 Å². The summed E-state index contributed by atoms with van der Waals surface area (Å²) in [6.45, 7) is 10.8. The molecule has 9 heteroatoms. The minimum atomic E-state index is -4.11. The van der Waals surface area contributed by atoms with Crippen LogP contribution in [-0.4, -0.2) is 43.3 Å². The first-order valence-electron chi connectivity index (χ1n) is 13.2. The molecular weight excluding hydrogens is 546 g/mol. The molecule has 0 aromatic heterocycles. The van der Waals surface area contributed by atoms with Gasteiger partial charge in [0.1, 0.15) is 12.6 Å². The maximum Gasteiger partial charge on any atom is 0.264 e. The first kappa shape index (κ1) is 31.2. The van der Waals surface area contributed by atoms with Gasteiger partial charge >= 0.3 is 0 Å². The van der Waals surface area contributed by atoms with Crippen LogP contribution in [0.5, 0.6) is 0 Å². The summed E-state index contributed by atoms with van der Waals surface area (Å²) in [7, 11) is -4.11. The zero-order valence-corrected chi connectivity index (χ0v) is 25.5. The average molecular weight is 584 g/mol. The molecule has 0 heterocycles. The van der Waals surface area contributed by atoms with E-state index >= 15 is 0 Å². The Labute approximate surface area is 243 Å². The van der Waals surface area contributed by atoms with Gasteiger partial charge in [-0.2, -0.15) is 0 Å². The van der Waals surface area contributed by atoms with Crippen LogP contribution in [-0.2, 0) is 26.2 Å². The molecule has 3 rings (SSSR count).